The minimum absolute atomic E-state index is 0.0722. The molecule has 1 aliphatic heterocycles. The lowest BCUT2D eigenvalue weighted by Crippen LogP contribution is -2.26. The Balaban J connectivity index is 2.41. The van der Waals surface area contributed by atoms with Gasteiger partial charge < -0.3 is 0 Å². The molecule has 1 aliphatic rings. The van der Waals surface area contributed by atoms with Crippen LogP contribution in [0.1, 0.15) is 51.0 Å². The fourth-order valence-corrected chi connectivity index (χ4v) is 7.17. The number of hydrogen-bond donors (Lipinski definition) is 1. The van der Waals surface area contributed by atoms with Crippen molar-refractivity contribution in [2.24, 2.45) is 0 Å². The predicted octanol–water partition coefficient (Wildman–Crippen LogP) is 5.82. The molecule has 25 heavy (non-hydrogen) atoms. The summed E-state index contributed by atoms with van der Waals surface area (Å²) in [6.07, 6.45) is 5.59. The summed E-state index contributed by atoms with van der Waals surface area (Å²) in [4.78, 5) is -0.348. The fraction of sp³-hybridized carbons (Fsp3) is 0.500. The molecule has 0 amide bonds. The van der Waals surface area contributed by atoms with Gasteiger partial charge in [0.25, 0.3) is 0 Å². The van der Waals surface area contributed by atoms with Gasteiger partial charge in [-0.3, -0.25) is 4.55 Å². The SMILES string of the molecule is CCCCCCCC1=Cc2ccccc2S1(OS(=O)(=O)O)C(F)(F)F. The van der Waals surface area contributed by atoms with Gasteiger partial charge in [-0.05, 0) is 30.5 Å². The molecule has 0 saturated heterocycles. The number of hydrogen-bond acceptors (Lipinski definition) is 3. The van der Waals surface area contributed by atoms with Crippen molar-refractivity contribution < 1.29 is 29.8 Å². The lowest BCUT2D eigenvalue weighted by atomic mass is 10.1. The first-order chi connectivity index (χ1) is 11.6. The number of halogens is 3. The molecule has 1 atom stereocenters. The predicted molar refractivity (Wildman–Crippen MR) is 92.3 cm³/mol. The minimum atomic E-state index is -5.29. The molecule has 0 aromatic heterocycles. The van der Waals surface area contributed by atoms with E-state index in [1.807, 2.05) is 6.92 Å². The molecule has 1 N–H and O–H groups in total. The highest BCUT2D eigenvalue weighted by Gasteiger charge is 2.60. The van der Waals surface area contributed by atoms with Gasteiger partial charge >= 0.3 is 15.9 Å². The van der Waals surface area contributed by atoms with Gasteiger partial charge in [-0.2, -0.15) is 25.2 Å². The molecule has 9 heteroatoms. The zero-order valence-corrected chi connectivity index (χ0v) is 15.4. The summed E-state index contributed by atoms with van der Waals surface area (Å²) in [5.74, 6) is 0. The van der Waals surface area contributed by atoms with Crippen LogP contribution in [0, 0.1) is 0 Å². The summed E-state index contributed by atoms with van der Waals surface area (Å²) in [7, 11) is -9.59. The molecule has 0 radical (unpaired) electrons. The second-order valence-corrected chi connectivity index (χ2v) is 9.75. The van der Waals surface area contributed by atoms with Crippen molar-refractivity contribution in [2.75, 3.05) is 0 Å². The summed E-state index contributed by atoms with van der Waals surface area (Å²) in [6.45, 7) is 2.04. The minimum Gasteiger partial charge on any atom is -0.263 e. The van der Waals surface area contributed by atoms with E-state index in [2.05, 4.69) is 3.63 Å². The normalized spacial score (nSPS) is 23.0. The number of benzene rings is 1. The molecule has 0 spiro atoms. The molecule has 142 valence electrons. The Hall–Kier alpha value is -1.03. The van der Waals surface area contributed by atoms with Gasteiger partial charge in [-0.25, -0.2) is 0 Å². The number of fused-ring (bicyclic) bond motifs is 1. The Morgan fingerprint density at radius 3 is 2.36 bits per heavy atom. The van der Waals surface area contributed by atoms with E-state index in [0.29, 0.717) is 6.42 Å². The molecule has 1 heterocycles. The highest BCUT2D eigenvalue weighted by Crippen LogP contribution is 2.78. The smallest absolute Gasteiger partial charge is 0.263 e. The molecule has 1 aromatic rings. The molecule has 1 aromatic carbocycles. The van der Waals surface area contributed by atoms with Gasteiger partial charge in [-0.1, -0.05) is 50.8 Å². The second-order valence-electron chi connectivity index (χ2n) is 5.81. The monoisotopic (exact) mass is 398 g/mol. The topological polar surface area (TPSA) is 63.6 Å². The third-order valence-corrected chi connectivity index (χ3v) is 8.16. The van der Waals surface area contributed by atoms with E-state index in [4.69, 9.17) is 4.55 Å². The zero-order valence-electron chi connectivity index (χ0n) is 13.8. The lowest BCUT2D eigenvalue weighted by molar-refractivity contribution is -0.0432. The maximum atomic E-state index is 14.0. The van der Waals surface area contributed by atoms with Gasteiger partial charge in [0.1, 0.15) is 0 Å². The van der Waals surface area contributed by atoms with Crippen LogP contribution in [0.25, 0.3) is 6.08 Å². The Bertz CT molecular complexity index is 744. The molecule has 0 bridgehead atoms. The first-order valence-corrected chi connectivity index (χ1v) is 10.9. The van der Waals surface area contributed by atoms with Crippen molar-refractivity contribution >= 4 is 26.8 Å². The maximum Gasteiger partial charge on any atom is 0.456 e. The van der Waals surface area contributed by atoms with Gasteiger partial charge in [0.05, 0.1) is 0 Å². The van der Waals surface area contributed by atoms with E-state index in [-0.39, 0.29) is 21.8 Å². The molecule has 2 rings (SSSR count). The van der Waals surface area contributed by atoms with Crippen LogP contribution in [0.3, 0.4) is 0 Å². The molecule has 0 fully saturated rings. The van der Waals surface area contributed by atoms with Gasteiger partial charge in [0.15, 0.2) is 0 Å². The summed E-state index contributed by atoms with van der Waals surface area (Å²) >= 11 is 0. The first kappa shape index (κ1) is 20.3. The quantitative estimate of drug-likeness (QED) is 0.443. The van der Waals surface area contributed by atoms with Crippen LogP contribution >= 0.6 is 10.3 Å². The average Bonchev–Trinajstić information content (AvgIpc) is 2.80. The van der Waals surface area contributed by atoms with E-state index >= 15 is 0 Å². The largest absolute Gasteiger partial charge is 0.456 e. The lowest BCUT2D eigenvalue weighted by Gasteiger charge is -2.38. The molecule has 4 nitrogen and oxygen atoms in total. The Morgan fingerprint density at radius 1 is 1.12 bits per heavy atom. The highest BCUT2D eigenvalue weighted by molar-refractivity contribution is 8.36. The molecule has 1 unspecified atom stereocenters. The summed E-state index contributed by atoms with van der Waals surface area (Å²) < 4.78 is 77.9. The van der Waals surface area contributed by atoms with Crippen LogP contribution in [0.15, 0.2) is 34.1 Å². The van der Waals surface area contributed by atoms with Crippen LogP contribution in [0.2, 0.25) is 0 Å². The third kappa shape index (κ3) is 4.39. The van der Waals surface area contributed by atoms with E-state index in [1.165, 1.54) is 24.3 Å². The van der Waals surface area contributed by atoms with Crippen LogP contribution in [0.5, 0.6) is 0 Å². The molecular weight excluding hydrogens is 377 g/mol. The Kier molecular flexibility index (Phi) is 6.24. The fourth-order valence-electron chi connectivity index (χ4n) is 2.90. The number of alkyl halides is 3. The van der Waals surface area contributed by atoms with Crippen molar-refractivity contribution in [3.8, 4) is 0 Å². The van der Waals surface area contributed by atoms with Crippen molar-refractivity contribution in [1.29, 1.82) is 0 Å². The van der Waals surface area contributed by atoms with E-state index in [9.17, 15) is 21.6 Å². The van der Waals surface area contributed by atoms with E-state index in [1.54, 1.807) is 6.07 Å². The van der Waals surface area contributed by atoms with Crippen LogP contribution in [-0.2, 0) is 14.0 Å². The number of unbranched alkanes of at least 4 members (excludes halogenated alkanes) is 4. The summed E-state index contributed by atoms with van der Waals surface area (Å²) in [5, 5.41) is 0. The van der Waals surface area contributed by atoms with Gasteiger partial charge in [0, 0.05) is 20.1 Å². The Morgan fingerprint density at radius 2 is 1.76 bits per heavy atom. The van der Waals surface area contributed by atoms with Crippen LogP contribution < -0.4 is 0 Å². The van der Waals surface area contributed by atoms with E-state index < -0.39 is 26.2 Å². The van der Waals surface area contributed by atoms with Crippen molar-refractivity contribution in [2.45, 2.75) is 55.9 Å². The number of rotatable bonds is 8. The number of allylic oxidation sites excluding steroid dienone is 1. The van der Waals surface area contributed by atoms with Gasteiger partial charge in [0.2, 0.25) is 0 Å². The standard InChI is InChI=1S/C16H21F3O4S2/c1-2-3-4-5-6-10-14-12-13-9-7-8-11-15(13)24(14,16(17,18)19)23-25(20,21)22/h7-9,11-12H,2-6,10H2,1H3,(H,20,21,22). The highest BCUT2D eigenvalue weighted by atomic mass is 32.3. The van der Waals surface area contributed by atoms with Crippen LogP contribution in [0.4, 0.5) is 13.2 Å². The van der Waals surface area contributed by atoms with Crippen LogP contribution in [-0.4, -0.2) is 18.5 Å². The van der Waals surface area contributed by atoms with Gasteiger partial charge in [-0.15, -0.1) is 0 Å². The average molecular weight is 398 g/mol. The second kappa shape index (κ2) is 7.69. The molecular formula is C16H21F3O4S2. The molecule has 0 saturated carbocycles. The Labute approximate surface area is 147 Å². The zero-order chi connectivity index (χ0) is 18.7. The first-order valence-electron chi connectivity index (χ1n) is 7.99. The van der Waals surface area contributed by atoms with Crippen molar-refractivity contribution in [3.63, 3.8) is 0 Å². The molecule has 0 aliphatic carbocycles. The third-order valence-electron chi connectivity index (χ3n) is 3.96. The van der Waals surface area contributed by atoms with Crippen molar-refractivity contribution in [1.82, 2.24) is 0 Å². The van der Waals surface area contributed by atoms with E-state index in [0.717, 1.165) is 25.7 Å². The van der Waals surface area contributed by atoms with Crippen molar-refractivity contribution in [3.05, 3.63) is 34.7 Å². The maximum absolute atomic E-state index is 14.0. The summed E-state index contributed by atoms with van der Waals surface area (Å²) in [5.41, 5.74) is -4.67. The summed E-state index contributed by atoms with van der Waals surface area (Å²) in [6, 6.07) is 5.68.